The highest BCUT2D eigenvalue weighted by atomic mass is 16.5. The Hall–Kier alpha value is -2.79. The van der Waals surface area contributed by atoms with E-state index in [0.717, 1.165) is 24.0 Å². The van der Waals surface area contributed by atoms with Crippen molar-refractivity contribution in [3.63, 3.8) is 0 Å². The first-order chi connectivity index (χ1) is 12.7. The third-order valence-corrected chi connectivity index (χ3v) is 4.64. The summed E-state index contributed by atoms with van der Waals surface area (Å²) in [6.45, 7) is 8.74. The third kappa shape index (κ3) is 5.11. The predicted octanol–water partition coefficient (Wildman–Crippen LogP) is 5.76. The van der Waals surface area contributed by atoms with E-state index in [1.807, 2.05) is 48.5 Å². The average Bonchev–Trinajstić information content (AvgIpc) is 2.59. The summed E-state index contributed by atoms with van der Waals surface area (Å²) in [6, 6.07) is 17.2. The van der Waals surface area contributed by atoms with Crippen LogP contribution in [0.25, 0.3) is 0 Å². The van der Waals surface area contributed by atoms with Crippen molar-refractivity contribution < 1.29 is 9.53 Å². The van der Waals surface area contributed by atoms with E-state index >= 15 is 0 Å². The van der Waals surface area contributed by atoms with Gasteiger partial charge < -0.3 is 4.74 Å². The zero-order valence-electron chi connectivity index (χ0n) is 16.5. The zero-order valence-corrected chi connectivity index (χ0v) is 16.5. The van der Waals surface area contributed by atoms with E-state index in [0.29, 0.717) is 11.3 Å². The van der Waals surface area contributed by atoms with Crippen LogP contribution in [0.15, 0.2) is 66.2 Å². The van der Waals surface area contributed by atoms with Crippen molar-refractivity contribution in [1.82, 2.24) is 0 Å². The lowest BCUT2D eigenvalue weighted by atomic mass is 9.67. The van der Waals surface area contributed by atoms with Crippen molar-refractivity contribution in [3.05, 3.63) is 77.4 Å². The van der Waals surface area contributed by atoms with E-state index < -0.39 is 0 Å². The average molecular weight is 358 g/mol. The molecule has 0 unspecified atom stereocenters. The maximum atomic E-state index is 12.8. The number of allylic oxidation sites excluding steroid dienone is 1. The largest absolute Gasteiger partial charge is 0.422 e. The maximum Gasteiger partial charge on any atom is 0.339 e. The van der Waals surface area contributed by atoms with Gasteiger partial charge in [0.15, 0.2) is 0 Å². The third-order valence-electron chi connectivity index (χ3n) is 4.64. The first-order valence-corrected chi connectivity index (χ1v) is 9.34. The Morgan fingerprint density at radius 1 is 0.926 bits per heavy atom. The van der Waals surface area contributed by atoms with Gasteiger partial charge >= 0.3 is 5.97 Å². The van der Waals surface area contributed by atoms with Gasteiger partial charge in [-0.2, -0.15) is 0 Å². The van der Waals surface area contributed by atoms with Crippen LogP contribution in [0.2, 0.25) is 0 Å². The number of ether oxygens (including phenoxy) is 1. The molecule has 0 radical (unpaired) electrons. The van der Waals surface area contributed by atoms with Gasteiger partial charge in [-0.3, -0.25) is 0 Å². The van der Waals surface area contributed by atoms with Crippen molar-refractivity contribution in [1.29, 1.82) is 0 Å². The van der Waals surface area contributed by atoms with Gasteiger partial charge in [0.05, 0.1) is 5.56 Å². The number of esters is 1. The summed E-state index contributed by atoms with van der Waals surface area (Å²) in [6.07, 6.45) is 3.85. The summed E-state index contributed by atoms with van der Waals surface area (Å²) in [5.41, 5.74) is 2.46. The molecule has 3 rings (SSSR count). The molecule has 2 aromatic carbocycles. The molecule has 2 heteroatoms. The van der Waals surface area contributed by atoms with Crippen LogP contribution in [0.1, 0.15) is 51.7 Å². The monoisotopic (exact) mass is 358 g/mol. The molecule has 0 N–H and O–H groups in total. The maximum absolute atomic E-state index is 12.8. The number of carbonyl (C=O) groups excluding carboxylic acids is 1. The van der Waals surface area contributed by atoms with Gasteiger partial charge in [0, 0.05) is 11.1 Å². The highest BCUT2D eigenvalue weighted by Gasteiger charge is 2.35. The van der Waals surface area contributed by atoms with E-state index in [1.54, 1.807) is 6.07 Å². The fourth-order valence-electron chi connectivity index (χ4n) is 4.00. The Morgan fingerprint density at radius 3 is 2.30 bits per heavy atom. The van der Waals surface area contributed by atoms with Crippen molar-refractivity contribution in [3.8, 4) is 17.6 Å². The Labute approximate surface area is 162 Å². The molecule has 2 aromatic rings. The van der Waals surface area contributed by atoms with Crippen LogP contribution >= 0.6 is 0 Å². The summed E-state index contributed by atoms with van der Waals surface area (Å²) in [4.78, 5) is 12.8. The van der Waals surface area contributed by atoms with E-state index in [1.165, 1.54) is 0 Å². The van der Waals surface area contributed by atoms with E-state index in [-0.39, 0.29) is 16.8 Å². The van der Waals surface area contributed by atoms with E-state index in [4.69, 9.17) is 4.74 Å². The fraction of sp³-hybridized carbons (Fsp3) is 0.320. The summed E-state index contributed by atoms with van der Waals surface area (Å²) in [7, 11) is 0. The lowest BCUT2D eigenvalue weighted by molar-refractivity contribution is -0.130. The molecule has 0 fully saturated rings. The van der Waals surface area contributed by atoms with E-state index in [2.05, 4.69) is 45.6 Å². The van der Waals surface area contributed by atoms with Crippen molar-refractivity contribution in [2.45, 2.75) is 40.5 Å². The molecule has 2 nitrogen and oxygen atoms in total. The minimum absolute atomic E-state index is 0.0112. The minimum atomic E-state index is -0.273. The molecule has 0 spiro atoms. The van der Waals surface area contributed by atoms with Gasteiger partial charge in [-0.15, -0.1) is 0 Å². The van der Waals surface area contributed by atoms with Gasteiger partial charge in [0.1, 0.15) is 5.75 Å². The van der Waals surface area contributed by atoms with Crippen LogP contribution in [0.5, 0.6) is 5.75 Å². The molecule has 0 saturated carbocycles. The normalized spacial score (nSPS) is 17.3. The second-order valence-corrected chi connectivity index (χ2v) is 8.68. The molecule has 0 atom stereocenters. The number of rotatable bonds is 2. The summed E-state index contributed by atoms with van der Waals surface area (Å²) in [5, 5.41) is 0. The van der Waals surface area contributed by atoms with Gasteiger partial charge in [-0.1, -0.05) is 75.9 Å². The molecule has 0 amide bonds. The molecule has 0 aliphatic heterocycles. The number of hydrogen-bond donors (Lipinski definition) is 0. The minimum Gasteiger partial charge on any atom is -0.422 e. The smallest absolute Gasteiger partial charge is 0.339 e. The predicted molar refractivity (Wildman–Crippen MR) is 109 cm³/mol. The lowest BCUT2D eigenvalue weighted by Crippen LogP contribution is -2.30. The number of carbonyl (C=O) groups is 1. The lowest BCUT2D eigenvalue weighted by Gasteiger charge is -2.38. The summed E-state index contributed by atoms with van der Waals surface area (Å²) in [5.74, 6) is 6.48. The highest BCUT2D eigenvalue weighted by molar-refractivity contribution is 5.91. The summed E-state index contributed by atoms with van der Waals surface area (Å²) >= 11 is 0. The molecule has 0 bridgehead atoms. The second-order valence-electron chi connectivity index (χ2n) is 8.68. The number of hydrogen-bond acceptors (Lipinski definition) is 2. The highest BCUT2D eigenvalue weighted by Crippen LogP contribution is 2.44. The molecule has 1 aliphatic carbocycles. The fourth-order valence-corrected chi connectivity index (χ4v) is 4.00. The Kier molecular flexibility index (Phi) is 5.24. The van der Waals surface area contributed by atoms with E-state index in [9.17, 15) is 4.79 Å². The van der Waals surface area contributed by atoms with Gasteiger partial charge in [-0.25, -0.2) is 4.79 Å². The molecule has 1 aliphatic rings. The molecular weight excluding hydrogens is 332 g/mol. The van der Waals surface area contributed by atoms with Crippen LogP contribution < -0.4 is 4.74 Å². The zero-order chi connectivity index (χ0) is 19.5. The Bertz CT molecular complexity index is 922. The standard InChI is InChI=1S/C25H26O2/c1-24(2)16-21(17-25(3,4)18-24)23(26)27-22-13-9-8-12-20(22)15-14-19-10-6-5-7-11-19/h5-13,16H,17-18H2,1-4H3. The van der Waals surface area contributed by atoms with Gasteiger partial charge in [-0.05, 0) is 47.9 Å². The quantitative estimate of drug-likeness (QED) is 0.387. The van der Waals surface area contributed by atoms with Crippen LogP contribution in [0.4, 0.5) is 0 Å². The number of para-hydroxylation sites is 1. The molecule has 0 saturated heterocycles. The summed E-state index contributed by atoms with van der Waals surface area (Å²) < 4.78 is 5.75. The second kappa shape index (κ2) is 7.45. The molecule has 0 heterocycles. The topological polar surface area (TPSA) is 26.3 Å². The van der Waals surface area contributed by atoms with Crippen LogP contribution in [-0.4, -0.2) is 5.97 Å². The van der Waals surface area contributed by atoms with Crippen LogP contribution in [-0.2, 0) is 4.79 Å². The Morgan fingerprint density at radius 2 is 1.59 bits per heavy atom. The SMILES string of the molecule is CC1(C)C=C(C(=O)Oc2ccccc2C#Cc2ccccc2)CC(C)(C)C1. The van der Waals surface area contributed by atoms with Gasteiger partial charge in [0.25, 0.3) is 0 Å². The Balaban J connectivity index is 1.84. The van der Waals surface area contributed by atoms with Crippen LogP contribution in [0.3, 0.4) is 0 Å². The molecule has 138 valence electrons. The van der Waals surface area contributed by atoms with Crippen molar-refractivity contribution in [2.24, 2.45) is 10.8 Å². The first-order valence-electron chi connectivity index (χ1n) is 9.34. The number of benzene rings is 2. The van der Waals surface area contributed by atoms with Crippen molar-refractivity contribution in [2.75, 3.05) is 0 Å². The first kappa shape index (κ1) is 19.0. The molecular formula is C25H26O2. The van der Waals surface area contributed by atoms with Crippen molar-refractivity contribution >= 4 is 5.97 Å². The molecule has 27 heavy (non-hydrogen) atoms. The van der Waals surface area contributed by atoms with Gasteiger partial charge in [0.2, 0.25) is 0 Å². The molecule has 0 aromatic heterocycles. The van der Waals surface area contributed by atoms with Crippen LogP contribution in [0, 0.1) is 22.7 Å².